The molecule has 1 aromatic carbocycles. The number of rotatable bonds is 4. The summed E-state index contributed by atoms with van der Waals surface area (Å²) in [6.45, 7) is 4.48. The fourth-order valence-electron chi connectivity index (χ4n) is 2.79. The van der Waals surface area contributed by atoms with Crippen LogP contribution in [0, 0.1) is 13.8 Å². The third kappa shape index (κ3) is 2.26. The van der Waals surface area contributed by atoms with Gasteiger partial charge >= 0.3 is 0 Å². The highest BCUT2D eigenvalue weighted by molar-refractivity contribution is 5.65. The molecule has 0 radical (unpaired) electrons. The van der Waals surface area contributed by atoms with E-state index in [0.29, 0.717) is 6.54 Å². The summed E-state index contributed by atoms with van der Waals surface area (Å²) in [4.78, 5) is 4.40. The zero-order valence-corrected chi connectivity index (χ0v) is 12.2. The molecule has 3 rings (SSSR count). The smallest absolute Gasteiger partial charge is 0.213 e. The van der Waals surface area contributed by atoms with E-state index >= 15 is 0 Å². The number of aromatic nitrogens is 1. The first kappa shape index (κ1) is 13.0. The summed E-state index contributed by atoms with van der Waals surface area (Å²) in [6.07, 6.45) is 3.48. The molecular weight excluding hydrogens is 252 g/mol. The summed E-state index contributed by atoms with van der Waals surface area (Å²) >= 11 is 0. The molecule has 106 valence electrons. The number of fused-ring (bicyclic) bond motifs is 1. The highest BCUT2D eigenvalue weighted by atomic mass is 16.5. The number of ether oxygens (including phenoxy) is 1. The van der Waals surface area contributed by atoms with E-state index < -0.39 is 0 Å². The van der Waals surface area contributed by atoms with E-state index in [4.69, 9.17) is 9.15 Å². The van der Waals surface area contributed by atoms with Crippen molar-refractivity contribution in [2.45, 2.75) is 39.7 Å². The normalized spacial score (nSPS) is 13.3. The molecule has 1 aromatic heterocycles. The number of aryl methyl sites for hydroxylation is 3. The summed E-state index contributed by atoms with van der Waals surface area (Å²) in [7, 11) is 1.71. The van der Waals surface area contributed by atoms with Gasteiger partial charge in [-0.15, -0.1) is 0 Å². The molecule has 2 aromatic rings. The number of nitrogens with one attached hydrogen (secondary N) is 1. The van der Waals surface area contributed by atoms with Gasteiger partial charge in [0.2, 0.25) is 5.89 Å². The lowest BCUT2D eigenvalue weighted by atomic mass is 10.1. The standard InChI is InChI=1S/C16H20N2O2/c1-10-11(2)20-15(18-10)9-17-16-13-6-4-5-12(13)7-8-14(16)19-3/h7-8,17H,4-6,9H2,1-3H3. The monoisotopic (exact) mass is 272 g/mol. The second-order valence-corrected chi connectivity index (χ2v) is 5.24. The molecule has 0 unspecified atom stereocenters. The molecule has 0 aliphatic heterocycles. The summed E-state index contributed by atoms with van der Waals surface area (Å²) in [5.74, 6) is 2.50. The van der Waals surface area contributed by atoms with E-state index in [0.717, 1.165) is 41.6 Å². The van der Waals surface area contributed by atoms with Gasteiger partial charge in [0.1, 0.15) is 11.5 Å². The maximum absolute atomic E-state index is 5.61. The lowest BCUT2D eigenvalue weighted by molar-refractivity contribution is 0.415. The SMILES string of the molecule is COc1ccc2c(c1NCc1nc(C)c(C)o1)CCC2. The first-order valence-electron chi connectivity index (χ1n) is 7.04. The molecule has 4 nitrogen and oxygen atoms in total. The molecule has 1 N–H and O–H groups in total. The van der Waals surface area contributed by atoms with Crippen LogP contribution in [0.1, 0.15) is 34.9 Å². The van der Waals surface area contributed by atoms with E-state index in [2.05, 4.69) is 16.4 Å². The van der Waals surface area contributed by atoms with Crippen molar-refractivity contribution in [3.63, 3.8) is 0 Å². The Labute approximate surface area is 119 Å². The Kier molecular flexibility index (Phi) is 3.38. The Morgan fingerprint density at radius 2 is 2.15 bits per heavy atom. The third-order valence-electron chi connectivity index (χ3n) is 3.95. The van der Waals surface area contributed by atoms with Crippen LogP contribution in [0.4, 0.5) is 5.69 Å². The van der Waals surface area contributed by atoms with Crippen LogP contribution in [-0.2, 0) is 19.4 Å². The Bertz CT molecular complexity index is 612. The van der Waals surface area contributed by atoms with Gasteiger partial charge in [0.05, 0.1) is 25.0 Å². The molecular formula is C16H20N2O2. The molecule has 1 heterocycles. The lowest BCUT2D eigenvalue weighted by Crippen LogP contribution is -2.05. The average molecular weight is 272 g/mol. The minimum atomic E-state index is 0.585. The topological polar surface area (TPSA) is 47.3 Å². The van der Waals surface area contributed by atoms with E-state index in [-0.39, 0.29) is 0 Å². The molecule has 0 saturated carbocycles. The molecule has 0 spiro atoms. The van der Waals surface area contributed by atoms with Crippen molar-refractivity contribution in [3.05, 3.63) is 40.6 Å². The van der Waals surface area contributed by atoms with Crippen molar-refractivity contribution >= 4 is 5.69 Å². The van der Waals surface area contributed by atoms with Crippen LogP contribution in [0.5, 0.6) is 5.75 Å². The second-order valence-electron chi connectivity index (χ2n) is 5.24. The fourth-order valence-corrected chi connectivity index (χ4v) is 2.79. The molecule has 0 fully saturated rings. The van der Waals surface area contributed by atoms with Crippen LogP contribution in [0.25, 0.3) is 0 Å². The van der Waals surface area contributed by atoms with Gasteiger partial charge in [0.25, 0.3) is 0 Å². The van der Waals surface area contributed by atoms with Gasteiger partial charge in [-0.05, 0) is 50.3 Å². The van der Waals surface area contributed by atoms with E-state index in [9.17, 15) is 0 Å². The van der Waals surface area contributed by atoms with Crippen LogP contribution in [-0.4, -0.2) is 12.1 Å². The molecule has 1 aliphatic rings. The van der Waals surface area contributed by atoms with Gasteiger partial charge in [-0.2, -0.15) is 0 Å². The van der Waals surface area contributed by atoms with Crippen molar-refractivity contribution in [3.8, 4) is 5.75 Å². The Morgan fingerprint density at radius 3 is 2.85 bits per heavy atom. The second kappa shape index (κ2) is 5.19. The van der Waals surface area contributed by atoms with Crippen molar-refractivity contribution in [2.75, 3.05) is 12.4 Å². The van der Waals surface area contributed by atoms with E-state index in [1.165, 1.54) is 17.5 Å². The number of benzene rings is 1. The lowest BCUT2D eigenvalue weighted by Gasteiger charge is -2.14. The van der Waals surface area contributed by atoms with E-state index in [1.54, 1.807) is 7.11 Å². The van der Waals surface area contributed by atoms with Crippen LogP contribution in [0.2, 0.25) is 0 Å². The summed E-state index contributed by atoms with van der Waals surface area (Å²) < 4.78 is 11.1. The largest absolute Gasteiger partial charge is 0.495 e. The number of oxazole rings is 1. The van der Waals surface area contributed by atoms with Crippen LogP contribution < -0.4 is 10.1 Å². The highest BCUT2D eigenvalue weighted by Crippen LogP contribution is 2.36. The zero-order valence-electron chi connectivity index (χ0n) is 12.2. The number of nitrogens with zero attached hydrogens (tertiary/aromatic N) is 1. The third-order valence-corrected chi connectivity index (χ3v) is 3.95. The van der Waals surface area contributed by atoms with Crippen molar-refractivity contribution in [2.24, 2.45) is 0 Å². The first-order chi connectivity index (χ1) is 9.69. The molecule has 20 heavy (non-hydrogen) atoms. The van der Waals surface area contributed by atoms with Gasteiger partial charge < -0.3 is 14.5 Å². The first-order valence-corrected chi connectivity index (χ1v) is 7.04. The van der Waals surface area contributed by atoms with Gasteiger partial charge in [0.15, 0.2) is 0 Å². The van der Waals surface area contributed by atoms with Crippen LogP contribution in [0.3, 0.4) is 0 Å². The minimum Gasteiger partial charge on any atom is -0.495 e. The summed E-state index contributed by atoms with van der Waals surface area (Å²) in [5.41, 5.74) is 4.85. The molecule has 0 bridgehead atoms. The number of hydrogen-bond donors (Lipinski definition) is 1. The quantitative estimate of drug-likeness (QED) is 0.926. The Morgan fingerprint density at radius 1 is 1.30 bits per heavy atom. The van der Waals surface area contributed by atoms with Crippen molar-refractivity contribution < 1.29 is 9.15 Å². The van der Waals surface area contributed by atoms with Crippen LogP contribution >= 0.6 is 0 Å². The number of hydrogen-bond acceptors (Lipinski definition) is 4. The average Bonchev–Trinajstić information content (AvgIpc) is 3.03. The molecule has 4 heteroatoms. The minimum absolute atomic E-state index is 0.585. The van der Waals surface area contributed by atoms with Crippen molar-refractivity contribution in [1.29, 1.82) is 0 Å². The maximum atomic E-state index is 5.61. The number of methoxy groups -OCH3 is 1. The zero-order chi connectivity index (χ0) is 14.1. The van der Waals surface area contributed by atoms with Crippen LogP contribution in [0.15, 0.2) is 16.5 Å². The van der Waals surface area contributed by atoms with Crippen molar-refractivity contribution in [1.82, 2.24) is 4.98 Å². The van der Waals surface area contributed by atoms with E-state index in [1.807, 2.05) is 19.9 Å². The predicted octanol–water partition coefficient (Wildman–Crippen LogP) is 3.40. The van der Waals surface area contributed by atoms with Gasteiger partial charge in [-0.25, -0.2) is 4.98 Å². The van der Waals surface area contributed by atoms with Gasteiger partial charge in [-0.1, -0.05) is 6.07 Å². The maximum Gasteiger partial charge on any atom is 0.213 e. The fraction of sp³-hybridized carbons (Fsp3) is 0.438. The Balaban J connectivity index is 1.85. The molecule has 1 aliphatic carbocycles. The molecule has 0 amide bonds. The highest BCUT2D eigenvalue weighted by Gasteiger charge is 2.18. The summed E-state index contributed by atoms with van der Waals surface area (Å²) in [5, 5.41) is 3.44. The number of anilines is 1. The Hall–Kier alpha value is -1.97. The van der Waals surface area contributed by atoms with Gasteiger partial charge in [0, 0.05) is 0 Å². The molecule has 0 saturated heterocycles. The molecule has 0 atom stereocenters. The predicted molar refractivity (Wildman–Crippen MR) is 78.3 cm³/mol. The summed E-state index contributed by atoms with van der Waals surface area (Å²) in [6, 6.07) is 4.21. The van der Waals surface area contributed by atoms with Gasteiger partial charge in [-0.3, -0.25) is 0 Å².